The number of benzene rings is 2. The molecule has 1 fully saturated rings. The first-order valence-electron chi connectivity index (χ1n) is 9.30. The third-order valence-electron chi connectivity index (χ3n) is 5.35. The van der Waals surface area contributed by atoms with Crippen LogP contribution in [0, 0.1) is 0 Å². The highest BCUT2D eigenvalue weighted by Gasteiger charge is 2.35. The average Bonchev–Trinajstić information content (AvgIpc) is 2.73. The molecular weight excluding hydrogens is 326 g/mol. The molecule has 1 unspecified atom stereocenters. The predicted molar refractivity (Wildman–Crippen MR) is 102 cm³/mol. The summed E-state index contributed by atoms with van der Waals surface area (Å²) >= 11 is 0. The van der Waals surface area contributed by atoms with E-state index in [2.05, 4.69) is 4.90 Å². The summed E-state index contributed by atoms with van der Waals surface area (Å²) in [4.78, 5) is 14.3. The quantitative estimate of drug-likeness (QED) is 0.809. The molecule has 1 aliphatic rings. The van der Waals surface area contributed by atoms with Crippen LogP contribution in [0.5, 0.6) is 0 Å². The van der Waals surface area contributed by atoms with Gasteiger partial charge in [0.15, 0.2) is 0 Å². The molecule has 0 aromatic heterocycles. The zero-order valence-corrected chi connectivity index (χ0v) is 15.3. The van der Waals surface area contributed by atoms with E-state index in [4.69, 9.17) is 4.74 Å². The highest BCUT2D eigenvalue weighted by atomic mass is 16.5. The van der Waals surface area contributed by atoms with Crippen LogP contribution >= 0.6 is 0 Å². The monoisotopic (exact) mass is 353 g/mol. The Bertz CT molecular complexity index is 662. The van der Waals surface area contributed by atoms with E-state index in [0.29, 0.717) is 13.0 Å². The normalized spacial score (nSPS) is 18.5. The minimum atomic E-state index is -1.08. The summed E-state index contributed by atoms with van der Waals surface area (Å²) in [5.74, 6) is -0.173. The molecule has 4 heteroatoms. The Morgan fingerprint density at radius 3 is 2.19 bits per heavy atom. The second kappa shape index (κ2) is 8.47. The lowest BCUT2D eigenvalue weighted by atomic mass is 9.83. The number of carbonyl (C=O) groups is 1. The van der Waals surface area contributed by atoms with E-state index in [-0.39, 0.29) is 12.0 Å². The van der Waals surface area contributed by atoms with E-state index in [0.717, 1.165) is 36.9 Å². The van der Waals surface area contributed by atoms with Crippen molar-refractivity contribution in [1.29, 1.82) is 0 Å². The lowest BCUT2D eigenvalue weighted by molar-refractivity contribution is -0.148. The van der Waals surface area contributed by atoms with Crippen LogP contribution in [-0.4, -0.2) is 42.2 Å². The van der Waals surface area contributed by atoms with Gasteiger partial charge in [-0.1, -0.05) is 67.1 Å². The number of ether oxygens (including phenoxy) is 1. The number of methoxy groups -OCH3 is 1. The first-order chi connectivity index (χ1) is 12.6. The highest BCUT2D eigenvalue weighted by molar-refractivity contribution is 5.75. The Hall–Kier alpha value is -2.17. The van der Waals surface area contributed by atoms with Gasteiger partial charge in [-0.05, 0) is 36.9 Å². The fraction of sp³-hybridized carbons (Fsp3) is 0.409. The standard InChI is InChI=1S/C22H27NO3/c1-26-21(24)20-14-8-9-16-23(20)17-15-22(25,18-10-4-2-5-11-18)19-12-6-3-7-13-19/h2-7,10-13,20,25H,8-9,14-17H2,1H3. The van der Waals surface area contributed by atoms with E-state index < -0.39 is 5.60 Å². The number of likely N-dealkylation sites (tertiary alicyclic amines) is 1. The van der Waals surface area contributed by atoms with Crippen LogP contribution in [0.25, 0.3) is 0 Å². The molecule has 0 amide bonds. The molecule has 1 aliphatic heterocycles. The SMILES string of the molecule is COC(=O)C1CCCCN1CCC(O)(c1ccccc1)c1ccccc1. The molecule has 1 saturated heterocycles. The fourth-order valence-corrected chi connectivity index (χ4v) is 3.85. The van der Waals surface area contributed by atoms with Crippen molar-refractivity contribution in [2.24, 2.45) is 0 Å². The maximum Gasteiger partial charge on any atom is 0.323 e. The largest absolute Gasteiger partial charge is 0.468 e. The van der Waals surface area contributed by atoms with Crippen molar-refractivity contribution in [3.05, 3.63) is 71.8 Å². The van der Waals surface area contributed by atoms with Crippen LogP contribution in [-0.2, 0) is 15.1 Å². The smallest absolute Gasteiger partial charge is 0.323 e. The minimum Gasteiger partial charge on any atom is -0.468 e. The van der Waals surface area contributed by atoms with E-state index in [1.807, 2.05) is 60.7 Å². The molecular formula is C22H27NO3. The number of nitrogens with zero attached hydrogens (tertiary/aromatic N) is 1. The van der Waals surface area contributed by atoms with Gasteiger partial charge in [0.25, 0.3) is 0 Å². The van der Waals surface area contributed by atoms with Gasteiger partial charge in [0.1, 0.15) is 11.6 Å². The van der Waals surface area contributed by atoms with Gasteiger partial charge in [-0.3, -0.25) is 9.69 Å². The first kappa shape index (κ1) is 18.6. The molecule has 0 spiro atoms. The molecule has 0 radical (unpaired) electrons. The van der Waals surface area contributed by atoms with Crippen LogP contribution in [0.3, 0.4) is 0 Å². The van der Waals surface area contributed by atoms with Crippen LogP contribution in [0.2, 0.25) is 0 Å². The van der Waals surface area contributed by atoms with Crippen molar-refractivity contribution in [2.45, 2.75) is 37.3 Å². The summed E-state index contributed by atoms with van der Waals surface area (Å²) in [6.07, 6.45) is 3.46. The summed E-state index contributed by atoms with van der Waals surface area (Å²) in [6, 6.07) is 19.3. The van der Waals surface area contributed by atoms with Crippen molar-refractivity contribution in [1.82, 2.24) is 4.90 Å². The number of rotatable bonds is 6. The van der Waals surface area contributed by atoms with E-state index in [9.17, 15) is 9.90 Å². The topological polar surface area (TPSA) is 49.8 Å². The molecule has 1 heterocycles. The lowest BCUT2D eigenvalue weighted by Crippen LogP contribution is -2.47. The zero-order chi connectivity index (χ0) is 18.4. The number of carbonyl (C=O) groups excluding carboxylic acids is 1. The summed E-state index contributed by atoms with van der Waals surface area (Å²) in [5, 5.41) is 11.6. The molecule has 2 aromatic carbocycles. The second-order valence-electron chi connectivity index (χ2n) is 6.91. The van der Waals surface area contributed by atoms with Crippen molar-refractivity contribution in [2.75, 3.05) is 20.2 Å². The van der Waals surface area contributed by atoms with Crippen LogP contribution in [0.1, 0.15) is 36.8 Å². The molecule has 4 nitrogen and oxygen atoms in total. The third-order valence-corrected chi connectivity index (χ3v) is 5.35. The maximum atomic E-state index is 12.1. The Labute approximate surface area is 155 Å². The lowest BCUT2D eigenvalue weighted by Gasteiger charge is -2.37. The molecule has 3 rings (SSSR count). The van der Waals surface area contributed by atoms with Crippen LogP contribution < -0.4 is 0 Å². The fourth-order valence-electron chi connectivity index (χ4n) is 3.85. The van der Waals surface area contributed by atoms with E-state index >= 15 is 0 Å². The Balaban J connectivity index is 1.84. The van der Waals surface area contributed by atoms with Crippen molar-refractivity contribution in [3.8, 4) is 0 Å². The summed E-state index contributed by atoms with van der Waals surface area (Å²) < 4.78 is 4.98. The number of piperidine rings is 1. The Morgan fingerprint density at radius 1 is 1.08 bits per heavy atom. The summed E-state index contributed by atoms with van der Waals surface area (Å²) in [5.41, 5.74) is 0.663. The molecule has 1 N–H and O–H groups in total. The molecule has 0 bridgehead atoms. The number of esters is 1. The molecule has 138 valence electrons. The maximum absolute atomic E-state index is 12.1. The zero-order valence-electron chi connectivity index (χ0n) is 15.3. The number of hydrogen-bond acceptors (Lipinski definition) is 4. The molecule has 0 aliphatic carbocycles. The van der Waals surface area contributed by atoms with Gasteiger partial charge < -0.3 is 9.84 Å². The average molecular weight is 353 g/mol. The Morgan fingerprint density at radius 2 is 1.65 bits per heavy atom. The molecule has 0 saturated carbocycles. The van der Waals surface area contributed by atoms with Crippen molar-refractivity contribution >= 4 is 5.97 Å². The van der Waals surface area contributed by atoms with Gasteiger partial charge in [0.05, 0.1) is 7.11 Å². The summed E-state index contributed by atoms with van der Waals surface area (Å²) in [6.45, 7) is 1.50. The first-order valence-corrected chi connectivity index (χ1v) is 9.30. The van der Waals surface area contributed by atoms with Gasteiger partial charge in [0, 0.05) is 6.54 Å². The second-order valence-corrected chi connectivity index (χ2v) is 6.91. The van der Waals surface area contributed by atoms with Crippen LogP contribution in [0.15, 0.2) is 60.7 Å². The van der Waals surface area contributed by atoms with Crippen molar-refractivity contribution < 1.29 is 14.6 Å². The van der Waals surface area contributed by atoms with E-state index in [1.54, 1.807) is 0 Å². The Kier molecular flexibility index (Phi) is 6.07. The number of aliphatic hydroxyl groups is 1. The van der Waals surface area contributed by atoms with Gasteiger partial charge in [0.2, 0.25) is 0 Å². The van der Waals surface area contributed by atoms with Crippen LogP contribution in [0.4, 0.5) is 0 Å². The minimum absolute atomic E-state index is 0.173. The molecule has 1 atom stereocenters. The van der Waals surface area contributed by atoms with Gasteiger partial charge >= 0.3 is 5.97 Å². The molecule has 2 aromatic rings. The number of hydrogen-bond donors (Lipinski definition) is 1. The van der Waals surface area contributed by atoms with Crippen molar-refractivity contribution in [3.63, 3.8) is 0 Å². The predicted octanol–water partition coefficient (Wildman–Crippen LogP) is 3.34. The van der Waals surface area contributed by atoms with E-state index in [1.165, 1.54) is 7.11 Å². The molecule has 26 heavy (non-hydrogen) atoms. The van der Waals surface area contributed by atoms with Gasteiger partial charge in [-0.25, -0.2) is 0 Å². The third kappa shape index (κ3) is 3.97. The highest BCUT2D eigenvalue weighted by Crippen LogP contribution is 2.34. The summed E-state index contributed by atoms with van der Waals surface area (Å²) in [7, 11) is 1.44. The van der Waals surface area contributed by atoms with Gasteiger partial charge in [-0.2, -0.15) is 0 Å². The van der Waals surface area contributed by atoms with Gasteiger partial charge in [-0.15, -0.1) is 0 Å².